The fourth-order valence-electron chi connectivity index (χ4n) is 1.31. The molecule has 0 amide bonds. The van der Waals surface area contributed by atoms with Crippen LogP contribution in [0.5, 0.6) is 0 Å². The van der Waals surface area contributed by atoms with E-state index in [0.29, 0.717) is 17.9 Å². The van der Waals surface area contributed by atoms with E-state index in [2.05, 4.69) is 0 Å². The third kappa shape index (κ3) is 4.66. The van der Waals surface area contributed by atoms with Crippen molar-refractivity contribution in [1.82, 2.24) is 0 Å². The molecule has 4 nitrogen and oxygen atoms in total. The smallest absolute Gasteiger partial charge is 0.338 e. The van der Waals surface area contributed by atoms with Gasteiger partial charge in [-0.3, -0.25) is 4.21 Å². The molecular formula is C12H16O4S. The van der Waals surface area contributed by atoms with E-state index < -0.39 is 10.8 Å². The van der Waals surface area contributed by atoms with E-state index in [4.69, 9.17) is 9.84 Å². The average molecular weight is 256 g/mol. The van der Waals surface area contributed by atoms with Crippen LogP contribution in [0.4, 0.5) is 0 Å². The van der Waals surface area contributed by atoms with Crippen molar-refractivity contribution in [3.8, 4) is 0 Å². The number of rotatable bonds is 6. The molecule has 17 heavy (non-hydrogen) atoms. The largest absolute Gasteiger partial charge is 0.462 e. The van der Waals surface area contributed by atoms with Crippen molar-refractivity contribution in [2.75, 3.05) is 19.0 Å². The monoisotopic (exact) mass is 256 g/mol. The van der Waals surface area contributed by atoms with Crippen LogP contribution >= 0.6 is 0 Å². The summed E-state index contributed by atoms with van der Waals surface area (Å²) in [6, 6.07) is 6.82. The number of aliphatic hydroxyl groups excluding tert-OH is 1. The Morgan fingerprint density at radius 2 is 2.00 bits per heavy atom. The summed E-state index contributed by atoms with van der Waals surface area (Å²) in [5, 5.41) is 8.64. The van der Waals surface area contributed by atoms with E-state index in [-0.39, 0.29) is 18.3 Å². The molecule has 0 fully saturated rings. The molecule has 0 spiro atoms. The Morgan fingerprint density at radius 3 is 2.53 bits per heavy atom. The number of benzene rings is 1. The molecule has 1 aromatic rings. The SMILES string of the molecule is CCOC(=O)c1ccc(CS(=O)CCO)cc1. The molecule has 1 atom stereocenters. The molecule has 0 aromatic heterocycles. The molecule has 1 aromatic carbocycles. The number of hydrogen-bond acceptors (Lipinski definition) is 4. The second-order valence-corrected chi connectivity index (χ2v) is 5.01. The van der Waals surface area contributed by atoms with E-state index in [9.17, 15) is 9.00 Å². The van der Waals surface area contributed by atoms with Gasteiger partial charge >= 0.3 is 5.97 Å². The third-order valence-electron chi connectivity index (χ3n) is 2.11. The molecule has 0 aliphatic rings. The molecule has 0 saturated heterocycles. The van der Waals surface area contributed by atoms with Crippen LogP contribution < -0.4 is 0 Å². The van der Waals surface area contributed by atoms with Gasteiger partial charge in [-0.25, -0.2) is 4.79 Å². The van der Waals surface area contributed by atoms with Crippen LogP contribution in [0.15, 0.2) is 24.3 Å². The van der Waals surface area contributed by atoms with Crippen LogP contribution in [-0.4, -0.2) is 34.3 Å². The molecule has 0 aliphatic heterocycles. The van der Waals surface area contributed by atoms with Crippen molar-refractivity contribution >= 4 is 16.8 Å². The first kappa shape index (κ1) is 13.9. The topological polar surface area (TPSA) is 63.6 Å². The van der Waals surface area contributed by atoms with Crippen molar-refractivity contribution in [1.29, 1.82) is 0 Å². The lowest BCUT2D eigenvalue weighted by Gasteiger charge is -2.04. The van der Waals surface area contributed by atoms with Crippen LogP contribution in [0.25, 0.3) is 0 Å². The highest BCUT2D eigenvalue weighted by Crippen LogP contribution is 2.08. The fraction of sp³-hybridized carbons (Fsp3) is 0.417. The maximum atomic E-state index is 11.4. The lowest BCUT2D eigenvalue weighted by atomic mass is 10.1. The molecule has 94 valence electrons. The molecule has 0 saturated carbocycles. The molecule has 1 unspecified atom stereocenters. The third-order valence-corrected chi connectivity index (χ3v) is 3.40. The van der Waals surface area contributed by atoms with Gasteiger partial charge in [0.1, 0.15) is 0 Å². The van der Waals surface area contributed by atoms with Gasteiger partial charge in [0.05, 0.1) is 18.8 Å². The minimum absolute atomic E-state index is 0.0759. The average Bonchev–Trinajstić information content (AvgIpc) is 2.30. The van der Waals surface area contributed by atoms with E-state index in [1.165, 1.54) is 0 Å². The Kier molecular flexibility index (Phi) is 5.86. The van der Waals surface area contributed by atoms with Crippen molar-refractivity contribution < 1.29 is 18.8 Å². The van der Waals surface area contributed by atoms with Crippen molar-refractivity contribution in [3.63, 3.8) is 0 Å². The summed E-state index contributed by atoms with van der Waals surface area (Å²) >= 11 is 0. The van der Waals surface area contributed by atoms with Crippen LogP contribution in [-0.2, 0) is 21.3 Å². The van der Waals surface area contributed by atoms with E-state index >= 15 is 0 Å². The summed E-state index contributed by atoms with van der Waals surface area (Å²) < 4.78 is 16.2. The summed E-state index contributed by atoms with van der Waals surface area (Å²) in [6.45, 7) is 2.03. The summed E-state index contributed by atoms with van der Waals surface area (Å²) in [5.41, 5.74) is 1.37. The van der Waals surface area contributed by atoms with Crippen molar-refractivity contribution in [2.24, 2.45) is 0 Å². The number of hydrogen-bond donors (Lipinski definition) is 1. The number of aliphatic hydroxyl groups is 1. The standard InChI is InChI=1S/C12H16O4S/c1-2-16-12(14)11-5-3-10(4-6-11)9-17(15)8-7-13/h3-6,13H,2,7-9H2,1H3. The predicted molar refractivity (Wildman–Crippen MR) is 66.2 cm³/mol. The fourth-order valence-corrected chi connectivity index (χ4v) is 2.22. The van der Waals surface area contributed by atoms with Gasteiger partial charge in [-0.1, -0.05) is 12.1 Å². The van der Waals surface area contributed by atoms with Gasteiger partial charge in [0.2, 0.25) is 0 Å². The molecule has 0 radical (unpaired) electrons. The zero-order chi connectivity index (χ0) is 12.7. The van der Waals surface area contributed by atoms with Gasteiger partial charge in [-0.05, 0) is 24.6 Å². The highest BCUT2D eigenvalue weighted by Gasteiger charge is 2.06. The Labute approximate surface area is 103 Å². The number of carbonyl (C=O) groups excluding carboxylic acids is 1. The Morgan fingerprint density at radius 1 is 1.35 bits per heavy atom. The number of carbonyl (C=O) groups is 1. The lowest BCUT2D eigenvalue weighted by Crippen LogP contribution is -2.06. The molecule has 0 aliphatic carbocycles. The molecule has 1 N–H and O–H groups in total. The molecule has 0 heterocycles. The quantitative estimate of drug-likeness (QED) is 0.774. The van der Waals surface area contributed by atoms with Crippen molar-refractivity contribution in [2.45, 2.75) is 12.7 Å². The summed E-state index contributed by atoms with van der Waals surface area (Å²) in [4.78, 5) is 11.4. The Bertz CT molecular complexity index is 386. The van der Waals surface area contributed by atoms with Gasteiger partial charge in [0.15, 0.2) is 0 Å². The first-order valence-electron chi connectivity index (χ1n) is 5.39. The molecular weight excluding hydrogens is 240 g/mol. The summed E-state index contributed by atoms with van der Waals surface area (Å²) in [5.74, 6) is 0.319. The minimum Gasteiger partial charge on any atom is -0.462 e. The zero-order valence-electron chi connectivity index (χ0n) is 9.72. The lowest BCUT2D eigenvalue weighted by molar-refractivity contribution is 0.0526. The summed E-state index contributed by atoms with van der Waals surface area (Å²) in [6.07, 6.45) is 0. The highest BCUT2D eigenvalue weighted by atomic mass is 32.2. The van der Waals surface area contributed by atoms with Crippen LogP contribution in [0.3, 0.4) is 0 Å². The molecule has 0 bridgehead atoms. The Hall–Kier alpha value is -1.20. The highest BCUT2D eigenvalue weighted by molar-refractivity contribution is 7.84. The maximum Gasteiger partial charge on any atom is 0.338 e. The van der Waals surface area contributed by atoms with E-state index in [0.717, 1.165) is 5.56 Å². The normalized spacial score (nSPS) is 12.1. The first-order valence-corrected chi connectivity index (χ1v) is 6.88. The van der Waals surface area contributed by atoms with Gasteiger partial charge < -0.3 is 9.84 Å². The van der Waals surface area contributed by atoms with E-state index in [1.54, 1.807) is 31.2 Å². The van der Waals surface area contributed by atoms with Gasteiger partial charge in [-0.15, -0.1) is 0 Å². The maximum absolute atomic E-state index is 11.4. The predicted octanol–water partition coefficient (Wildman–Crippen LogP) is 1.10. The number of ether oxygens (including phenoxy) is 1. The molecule has 5 heteroatoms. The summed E-state index contributed by atoms with van der Waals surface area (Å²) in [7, 11) is -1.06. The first-order chi connectivity index (χ1) is 8.17. The van der Waals surface area contributed by atoms with Gasteiger partial charge in [0, 0.05) is 22.3 Å². The van der Waals surface area contributed by atoms with Gasteiger partial charge in [0.25, 0.3) is 0 Å². The second kappa shape index (κ2) is 7.19. The van der Waals surface area contributed by atoms with Crippen LogP contribution in [0, 0.1) is 0 Å². The Balaban J connectivity index is 2.61. The van der Waals surface area contributed by atoms with Crippen LogP contribution in [0.2, 0.25) is 0 Å². The van der Waals surface area contributed by atoms with E-state index in [1.807, 2.05) is 0 Å². The van der Waals surface area contributed by atoms with Crippen molar-refractivity contribution in [3.05, 3.63) is 35.4 Å². The zero-order valence-corrected chi connectivity index (χ0v) is 10.5. The minimum atomic E-state index is -1.06. The molecule has 1 rings (SSSR count). The van der Waals surface area contributed by atoms with Crippen LogP contribution in [0.1, 0.15) is 22.8 Å². The van der Waals surface area contributed by atoms with Gasteiger partial charge in [-0.2, -0.15) is 0 Å². The second-order valence-electron chi connectivity index (χ2n) is 3.43. The number of esters is 1.